The summed E-state index contributed by atoms with van der Waals surface area (Å²) in [6, 6.07) is 2.78. The standard InChI is InChI=1S/C19H29F3N2O2/c1-7-14(8-2)18(25,19(20,21)22)15-10-13(4)16(11-17(15)26-6)23-12-24(5)9-3/h10-12,14,25H,7-9H2,1-6H3. The van der Waals surface area contributed by atoms with Crippen molar-refractivity contribution in [2.45, 2.75) is 52.3 Å². The van der Waals surface area contributed by atoms with E-state index in [1.165, 1.54) is 19.2 Å². The molecular weight excluding hydrogens is 345 g/mol. The third-order valence-electron chi connectivity index (χ3n) is 4.83. The minimum Gasteiger partial charge on any atom is -0.496 e. The summed E-state index contributed by atoms with van der Waals surface area (Å²) in [7, 11) is 3.14. The van der Waals surface area contributed by atoms with Gasteiger partial charge in [0.25, 0.3) is 0 Å². The quantitative estimate of drug-likeness (QED) is 0.525. The number of methoxy groups -OCH3 is 1. The fraction of sp³-hybridized carbons (Fsp3) is 0.632. The molecule has 26 heavy (non-hydrogen) atoms. The molecule has 0 radical (unpaired) electrons. The second-order valence-corrected chi connectivity index (χ2v) is 6.43. The van der Waals surface area contributed by atoms with Gasteiger partial charge in [-0.3, -0.25) is 0 Å². The van der Waals surface area contributed by atoms with Crippen LogP contribution in [0.2, 0.25) is 0 Å². The van der Waals surface area contributed by atoms with E-state index in [1.54, 1.807) is 27.1 Å². The molecule has 7 heteroatoms. The third-order valence-corrected chi connectivity index (χ3v) is 4.83. The lowest BCUT2D eigenvalue weighted by Gasteiger charge is -2.38. The molecule has 1 atom stereocenters. The Balaban J connectivity index is 3.59. The molecule has 0 saturated heterocycles. The number of aryl methyl sites for hydroxylation is 1. The van der Waals surface area contributed by atoms with E-state index < -0.39 is 17.7 Å². The molecule has 0 fully saturated rings. The molecule has 4 nitrogen and oxygen atoms in total. The van der Waals surface area contributed by atoms with E-state index in [9.17, 15) is 18.3 Å². The third kappa shape index (κ3) is 4.31. The summed E-state index contributed by atoms with van der Waals surface area (Å²) in [6.45, 7) is 7.67. The molecular formula is C19H29F3N2O2. The Morgan fingerprint density at radius 2 is 1.81 bits per heavy atom. The van der Waals surface area contributed by atoms with E-state index in [0.29, 0.717) is 11.3 Å². The summed E-state index contributed by atoms with van der Waals surface area (Å²) < 4.78 is 47.0. The van der Waals surface area contributed by atoms with Crippen molar-refractivity contribution in [2.75, 3.05) is 20.7 Å². The number of hydrogen-bond donors (Lipinski definition) is 1. The maximum atomic E-state index is 13.9. The zero-order valence-electron chi connectivity index (χ0n) is 16.3. The number of benzene rings is 1. The molecule has 148 valence electrons. The van der Waals surface area contributed by atoms with Crippen molar-refractivity contribution in [2.24, 2.45) is 10.9 Å². The summed E-state index contributed by atoms with van der Waals surface area (Å²) in [6.07, 6.45) is -2.83. The van der Waals surface area contributed by atoms with Crippen molar-refractivity contribution >= 4 is 12.0 Å². The number of hydrogen-bond acceptors (Lipinski definition) is 3. The predicted octanol–water partition coefficient (Wildman–Crippen LogP) is 4.80. The lowest BCUT2D eigenvalue weighted by atomic mass is 9.76. The first kappa shape index (κ1) is 22.3. The summed E-state index contributed by atoms with van der Waals surface area (Å²) in [4.78, 5) is 6.16. The number of nitrogens with zero attached hydrogens (tertiary/aromatic N) is 2. The van der Waals surface area contributed by atoms with Crippen LogP contribution in [-0.4, -0.2) is 43.2 Å². The fourth-order valence-electron chi connectivity index (χ4n) is 3.01. The largest absolute Gasteiger partial charge is 0.496 e. The Labute approximate surface area is 153 Å². The Hall–Kier alpha value is -1.76. The van der Waals surface area contributed by atoms with Crippen molar-refractivity contribution in [3.8, 4) is 5.75 Å². The highest BCUT2D eigenvalue weighted by molar-refractivity contribution is 5.65. The number of alkyl halides is 3. The smallest absolute Gasteiger partial charge is 0.421 e. The maximum absolute atomic E-state index is 13.9. The lowest BCUT2D eigenvalue weighted by molar-refractivity contribution is -0.288. The van der Waals surface area contributed by atoms with Crippen LogP contribution in [0.1, 0.15) is 44.7 Å². The molecule has 1 unspecified atom stereocenters. The molecule has 1 rings (SSSR count). The molecule has 0 spiro atoms. The van der Waals surface area contributed by atoms with E-state index in [-0.39, 0.29) is 24.2 Å². The fourth-order valence-corrected chi connectivity index (χ4v) is 3.01. The molecule has 0 bridgehead atoms. The molecule has 0 heterocycles. The molecule has 0 aliphatic carbocycles. The van der Waals surface area contributed by atoms with Gasteiger partial charge in [0.15, 0.2) is 5.60 Å². The first-order valence-corrected chi connectivity index (χ1v) is 8.79. The average Bonchev–Trinajstić information content (AvgIpc) is 2.59. The van der Waals surface area contributed by atoms with Gasteiger partial charge in [0.2, 0.25) is 0 Å². The highest BCUT2D eigenvalue weighted by Gasteiger charge is 2.59. The van der Waals surface area contributed by atoms with Gasteiger partial charge in [-0.1, -0.05) is 13.8 Å². The van der Waals surface area contributed by atoms with E-state index in [2.05, 4.69) is 4.99 Å². The first-order valence-electron chi connectivity index (χ1n) is 8.79. The van der Waals surface area contributed by atoms with Gasteiger partial charge in [-0.15, -0.1) is 0 Å². The number of halogens is 3. The van der Waals surface area contributed by atoms with Crippen LogP contribution in [0.25, 0.3) is 0 Å². The molecule has 1 aromatic rings. The molecule has 0 aliphatic rings. The van der Waals surface area contributed by atoms with Gasteiger partial charge in [-0.2, -0.15) is 13.2 Å². The summed E-state index contributed by atoms with van der Waals surface area (Å²) >= 11 is 0. The van der Waals surface area contributed by atoms with Gasteiger partial charge in [0, 0.05) is 31.1 Å². The number of aliphatic hydroxyl groups is 1. The summed E-state index contributed by atoms with van der Waals surface area (Å²) in [5.74, 6) is -0.995. The monoisotopic (exact) mass is 374 g/mol. The second-order valence-electron chi connectivity index (χ2n) is 6.43. The van der Waals surface area contributed by atoms with Crippen molar-refractivity contribution in [3.05, 3.63) is 23.3 Å². The summed E-state index contributed by atoms with van der Waals surface area (Å²) in [5.41, 5.74) is -2.20. The Kier molecular flexibility index (Phi) is 7.50. The van der Waals surface area contributed by atoms with Crippen LogP contribution in [-0.2, 0) is 5.60 Å². The zero-order valence-corrected chi connectivity index (χ0v) is 16.3. The van der Waals surface area contributed by atoms with Gasteiger partial charge in [-0.05, 0) is 38.3 Å². The van der Waals surface area contributed by atoms with Crippen LogP contribution < -0.4 is 4.74 Å². The van der Waals surface area contributed by atoms with Crippen LogP contribution in [0, 0.1) is 12.8 Å². The first-order chi connectivity index (χ1) is 12.1. The molecule has 1 N–H and O–H groups in total. The minimum absolute atomic E-state index is 0.0198. The Morgan fingerprint density at radius 1 is 1.23 bits per heavy atom. The minimum atomic E-state index is -4.82. The van der Waals surface area contributed by atoms with Crippen molar-refractivity contribution in [1.82, 2.24) is 4.90 Å². The van der Waals surface area contributed by atoms with Crippen molar-refractivity contribution in [1.29, 1.82) is 0 Å². The molecule has 0 aliphatic heterocycles. The van der Waals surface area contributed by atoms with Crippen molar-refractivity contribution in [3.63, 3.8) is 0 Å². The van der Waals surface area contributed by atoms with Gasteiger partial charge in [0.05, 0.1) is 19.1 Å². The average molecular weight is 374 g/mol. The van der Waals surface area contributed by atoms with Gasteiger partial charge < -0.3 is 14.7 Å². The van der Waals surface area contributed by atoms with E-state index in [1.807, 2.05) is 18.9 Å². The number of ether oxygens (including phenoxy) is 1. The van der Waals surface area contributed by atoms with E-state index in [4.69, 9.17) is 4.74 Å². The highest BCUT2D eigenvalue weighted by Crippen LogP contribution is 2.50. The normalized spacial score (nSPS) is 14.7. The lowest BCUT2D eigenvalue weighted by Crippen LogP contribution is -2.48. The van der Waals surface area contributed by atoms with Crippen molar-refractivity contribution < 1.29 is 23.0 Å². The molecule has 1 aromatic carbocycles. The molecule has 0 saturated carbocycles. The Morgan fingerprint density at radius 3 is 2.23 bits per heavy atom. The molecule has 0 amide bonds. The van der Waals surface area contributed by atoms with Crippen LogP contribution in [0.3, 0.4) is 0 Å². The van der Waals surface area contributed by atoms with Crippen LogP contribution in [0.4, 0.5) is 18.9 Å². The second kappa shape index (κ2) is 8.75. The van der Waals surface area contributed by atoms with Crippen LogP contribution >= 0.6 is 0 Å². The van der Waals surface area contributed by atoms with E-state index >= 15 is 0 Å². The topological polar surface area (TPSA) is 45.1 Å². The number of rotatable bonds is 8. The predicted molar refractivity (Wildman–Crippen MR) is 98.2 cm³/mol. The zero-order chi connectivity index (χ0) is 20.1. The van der Waals surface area contributed by atoms with Gasteiger partial charge >= 0.3 is 6.18 Å². The molecule has 0 aromatic heterocycles. The highest BCUT2D eigenvalue weighted by atomic mass is 19.4. The van der Waals surface area contributed by atoms with Gasteiger partial charge in [-0.25, -0.2) is 4.99 Å². The number of aliphatic imine (C=N–C) groups is 1. The summed E-state index contributed by atoms with van der Waals surface area (Å²) in [5, 5.41) is 10.8. The SMILES string of the molecule is CCC(CC)C(O)(c1cc(C)c(N=CN(C)CC)cc1OC)C(F)(F)F. The maximum Gasteiger partial charge on any atom is 0.421 e. The van der Waals surface area contributed by atoms with Crippen LogP contribution in [0.15, 0.2) is 17.1 Å². The van der Waals surface area contributed by atoms with E-state index in [0.717, 1.165) is 6.54 Å². The van der Waals surface area contributed by atoms with Crippen LogP contribution in [0.5, 0.6) is 5.75 Å². The Bertz CT molecular complexity index is 628. The van der Waals surface area contributed by atoms with Gasteiger partial charge in [0.1, 0.15) is 5.75 Å².